The summed E-state index contributed by atoms with van der Waals surface area (Å²) in [5, 5.41) is 12.9. The number of para-hydroxylation sites is 2. The van der Waals surface area contributed by atoms with Crippen molar-refractivity contribution in [2.45, 2.75) is 26.6 Å². The van der Waals surface area contributed by atoms with E-state index in [1.807, 2.05) is 49.5 Å². The zero-order valence-electron chi connectivity index (χ0n) is 23.5. The summed E-state index contributed by atoms with van der Waals surface area (Å²) in [6.45, 7) is 2.36. The maximum absolute atomic E-state index is 14.7. The minimum absolute atomic E-state index is 0.00904. The van der Waals surface area contributed by atoms with E-state index < -0.39 is 24.4 Å². The second kappa shape index (κ2) is 11.6. The zero-order valence-corrected chi connectivity index (χ0v) is 23.5. The first kappa shape index (κ1) is 28.0. The van der Waals surface area contributed by atoms with Crippen molar-refractivity contribution in [2.75, 3.05) is 34.6 Å². The predicted molar refractivity (Wildman–Crippen MR) is 158 cm³/mol. The molecule has 3 heterocycles. The van der Waals surface area contributed by atoms with Gasteiger partial charge in [0.05, 0.1) is 18.8 Å². The number of aliphatic hydroxyl groups excluding tert-OH is 1. The highest BCUT2D eigenvalue weighted by Gasteiger charge is 2.34. The van der Waals surface area contributed by atoms with Gasteiger partial charge in [0.15, 0.2) is 5.82 Å². The van der Waals surface area contributed by atoms with Gasteiger partial charge in [-0.1, -0.05) is 30.3 Å². The number of rotatable bonds is 6. The van der Waals surface area contributed by atoms with Gasteiger partial charge >= 0.3 is 6.09 Å². The Kier molecular flexibility index (Phi) is 7.56. The minimum atomic E-state index is -0.874. The summed E-state index contributed by atoms with van der Waals surface area (Å²) in [4.78, 5) is 47.5. The van der Waals surface area contributed by atoms with E-state index >= 15 is 0 Å². The third-order valence-electron chi connectivity index (χ3n) is 7.73. The number of nitrogens with one attached hydrogen (secondary N) is 1. The van der Waals surface area contributed by atoms with Crippen molar-refractivity contribution >= 4 is 35.0 Å². The van der Waals surface area contributed by atoms with Crippen molar-refractivity contribution in [3.8, 4) is 0 Å². The zero-order chi connectivity index (χ0) is 30.1. The molecule has 6 rings (SSSR count). The fraction of sp³-hybridized carbons (Fsp3) is 0.219. The van der Waals surface area contributed by atoms with E-state index in [9.17, 15) is 23.9 Å². The number of aryl methyl sites for hydroxylation is 1. The number of anilines is 3. The fourth-order valence-corrected chi connectivity index (χ4v) is 5.56. The van der Waals surface area contributed by atoms with Crippen molar-refractivity contribution in [1.82, 2.24) is 9.88 Å². The van der Waals surface area contributed by atoms with Crippen LogP contribution >= 0.6 is 0 Å². The van der Waals surface area contributed by atoms with Gasteiger partial charge in [0.2, 0.25) is 5.91 Å². The number of hydroxylamine groups is 1. The van der Waals surface area contributed by atoms with Gasteiger partial charge in [0.25, 0.3) is 5.91 Å². The molecule has 0 bridgehead atoms. The van der Waals surface area contributed by atoms with E-state index in [1.165, 1.54) is 23.1 Å². The molecule has 1 aromatic heterocycles. The van der Waals surface area contributed by atoms with Gasteiger partial charge in [-0.05, 0) is 66.1 Å². The molecular weight excluding hydrogens is 553 g/mol. The van der Waals surface area contributed by atoms with Crippen LogP contribution < -0.4 is 20.2 Å². The van der Waals surface area contributed by atoms with Crippen LogP contribution in [0.1, 0.15) is 32.7 Å². The second-order valence-electron chi connectivity index (χ2n) is 10.4. The Balaban J connectivity index is 1.14. The quantitative estimate of drug-likeness (QED) is 0.354. The molecule has 0 unspecified atom stereocenters. The lowest BCUT2D eigenvalue weighted by molar-refractivity contribution is -0.118. The van der Waals surface area contributed by atoms with Crippen molar-refractivity contribution in [2.24, 2.45) is 0 Å². The molecule has 3 amide bonds. The largest absolute Gasteiger partial charge is 0.431 e. The summed E-state index contributed by atoms with van der Waals surface area (Å²) in [5.74, 6) is -1.25. The molecule has 0 saturated carbocycles. The number of aromatic nitrogens is 1. The number of carbonyl (C=O) groups is 3. The van der Waals surface area contributed by atoms with Crippen molar-refractivity contribution < 1.29 is 28.7 Å². The summed E-state index contributed by atoms with van der Waals surface area (Å²) in [7, 11) is 0. The molecule has 0 aliphatic carbocycles. The molecular formula is C32H30FN5O5. The van der Waals surface area contributed by atoms with Crippen LogP contribution in [0.15, 0.2) is 79.0 Å². The number of carbonyl (C=O) groups excluding carboxylic acids is 3. The maximum atomic E-state index is 14.7. The summed E-state index contributed by atoms with van der Waals surface area (Å²) in [6.07, 6.45) is 1.14. The topological polar surface area (TPSA) is 107 Å². The maximum Gasteiger partial charge on any atom is 0.431 e. The number of benzene rings is 3. The number of fused-ring (bicyclic) bond motifs is 3. The molecule has 0 saturated heterocycles. The van der Waals surface area contributed by atoms with Gasteiger partial charge in [-0.15, -0.1) is 0 Å². The molecule has 4 aromatic rings. The van der Waals surface area contributed by atoms with Crippen molar-refractivity contribution in [3.63, 3.8) is 0 Å². The van der Waals surface area contributed by atoms with E-state index in [-0.39, 0.29) is 37.0 Å². The number of β-amino-alcohol motifs (C(OH)–C–C–N with tert-alkyl or cyclic N) is 1. The summed E-state index contributed by atoms with van der Waals surface area (Å²) in [6, 6.07) is 21.3. The van der Waals surface area contributed by atoms with Gasteiger partial charge in [-0.25, -0.2) is 9.18 Å². The number of hydrogen-bond donors (Lipinski definition) is 2. The molecule has 220 valence electrons. The predicted octanol–water partition coefficient (Wildman–Crippen LogP) is 4.13. The Morgan fingerprint density at radius 1 is 0.977 bits per heavy atom. The van der Waals surface area contributed by atoms with Gasteiger partial charge in [0, 0.05) is 42.8 Å². The van der Waals surface area contributed by atoms with Gasteiger partial charge < -0.3 is 29.6 Å². The molecule has 0 fully saturated rings. The van der Waals surface area contributed by atoms with Gasteiger partial charge in [0.1, 0.15) is 12.2 Å². The first-order valence-electron chi connectivity index (χ1n) is 13.9. The molecule has 43 heavy (non-hydrogen) atoms. The Bertz CT molecular complexity index is 1720. The van der Waals surface area contributed by atoms with Gasteiger partial charge in [-0.2, -0.15) is 5.06 Å². The van der Waals surface area contributed by atoms with E-state index in [0.717, 1.165) is 33.1 Å². The first-order chi connectivity index (χ1) is 20.8. The SMILES string of the molecule is Cc1cc(C(=O)N2Cc3cccn3Cc3ccccc32)ccc1CNC(=O)ON1CC(=O)N(CCO)c2cccc(F)c21. The standard InChI is InChI=1S/C32H30FN5O5/c1-21-16-22(31(41)37-19-25-7-5-13-35(25)18-24-6-2-3-9-27(24)37)11-12-23(21)17-34-32(42)43-38-20-29(40)36(14-15-39)28-10-4-8-26(33)30(28)38/h2-13,16,39H,14-15,17-20H2,1H3,(H,34,42). The van der Waals surface area contributed by atoms with Crippen LogP contribution in [-0.4, -0.2) is 47.3 Å². The van der Waals surface area contributed by atoms with Crippen LogP contribution in [0.2, 0.25) is 0 Å². The lowest BCUT2D eigenvalue weighted by Crippen LogP contribution is -2.48. The third kappa shape index (κ3) is 5.42. The van der Waals surface area contributed by atoms with Crippen LogP contribution in [0.5, 0.6) is 0 Å². The van der Waals surface area contributed by atoms with E-state index in [1.54, 1.807) is 23.1 Å². The molecule has 2 aliphatic heterocycles. The normalized spacial score (nSPS) is 14.0. The van der Waals surface area contributed by atoms with Crippen LogP contribution in [0, 0.1) is 12.7 Å². The minimum Gasteiger partial charge on any atom is -0.395 e. The number of halogens is 1. The molecule has 2 aliphatic rings. The first-order valence-corrected chi connectivity index (χ1v) is 13.9. The molecule has 2 N–H and O–H groups in total. The van der Waals surface area contributed by atoms with Crippen LogP contribution in [0.4, 0.5) is 26.2 Å². The highest BCUT2D eigenvalue weighted by atomic mass is 19.1. The molecule has 11 heteroatoms. The van der Waals surface area contributed by atoms with E-state index in [0.29, 0.717) is 18.7 Å². The third-order valence-corrected chi connectivity index (χ3v) is 7.73. The van der Waals surface area contributed by atoms with Crippen molar-refractivity contribution in [3.05, 3.63) is 113 Å². The monoisotopic (exact) mass is 583 g/mol. The van der Waals surface area contributed by atoms with Crippen LogP contribution in [-0.2, 0) is 29.3 Å². The highest BCUT2D eigenvalue weighted by molar-refractivity contribution is 6.06. The Labute approximate surface area is 247 Å². The Hall–Kier alpha value is -5.16. The number of amides is 3. The number of nitrogens with zero attached hydrogens (tertiary/aromatic N) is 4. The summed E-state index contributed by atoms with van der Waals surface area (Å²) >= 11 is 0. The Morgan fingerprint density at radius 2 is 1.79 bits per heavy atom. The molecule has 3 aromatic carbocycles. The molecule has 0 radical (unpaired) electrons. The second-order valence-corrected chi connectivity index (χ2v) is 10.4. The highest BCUT2D eigenvalue weighted by Crippen LogP contribution is 2.36. The van der Waals surface area contributed by atoms with Crippen molar-refractivity contribution in [1.29, 1.82) is 0 Å². The lowest BCUT2D eigenvalue weighted by atomic mass is 10.0. The van der Waals surface area contributed by atoms with E-state index in [4.69, 9.17) is 4.84 Å². The average Bonchev–Trinajstić information content (AvgIpc) is 3.37. The molecule has 0 spiro atoms. The summed E-state index contributed by atoms with van der Waals surface area (Å²) in [5.41, 5.74) is 5.18. The summed E-state index contributed by atoms with van der Waals surface area (Å²) < 4.78 is 16.9. The Morgan fingerprint density at radius 3 is 2.60 bits per heavy atom. The van der Waals surface area contributed by atoms with Crippen LogP contribution in [0.25, 0.3) is 0 Å². The number of aliphatic hydroxyl groups is 1. The molecule has 10 nitrogen and oxygen atoms in total. The van der Waals surface area contributed by atoms with Crippen LogP contribution in [0.3, 0.4) is 0 Å². The average molecular weight is 584 g/mol. The number of hydrogen-bond acceptors (Lipinski definition) is 6. The fourth-order valence-electron chi connectivity index (χ4n) is 5.56. The molecule has 0 atom stereocenters. The smallest absolute Gasteiger partial charge is 0.395 e. The van der Waals surface area contributed by atoms with Gasteiger partial charge in [-0.3, -0.25) is 9.59 Å². The van der Waals surface area contributed by atoms with E-state index in [2.05, 4.69) is 9.88 Å². The lowest BCUT2D eigenvalue weighted by Gasteiger charge is -2.35.